The fourth-order valence-electron chi connectivity index (χ4n) is 11.3. The molecule has 4 aliphatic carbocycles. The zero-order valence-corrected chi connectivity index (χ0v) is 37.0. The molecule has 2 heterocycles. The topological polar surface area (TPSA) is 218 Å². The van der Waals surface area contributed by atoms with E-state index in [9.17, 15) is 43.8 Å². The number of nitrogens with zero attached hydrogens (tertiary/aromatic N) is 1. The van der Waals surface area contributed by atoms with E-state index in [1.54, 1.807) is 30.0 Å². The molecule has 8 rings (SSSR count). The van der Waals surface area contributed by atoms with Crippen LogP contribution in [0.3, 0.4) is 0 Å². The molecule has 2 aliphatic heterocycles. The number of carbonyl (C=O) groups excluding carboxylic acids is 7. The minimum Gasteiger partial charge on any atom is -0.393 e. The van der Waals surface area contributed by atoms with E-state index in [1.807, 2.05) is 55.5 Å². The third kappa shape index (κ3) is 8.08. The summed E-state index contributed by atoms with van der Waals surface area (Å²) in [5.74, 6) is -2.51. The number of ether oxygens (including phenoxy) is 2. The minimum atomic E-state index is -1.44. The highest BCUT2D eigenvalue weighted by Gasteiger charge is 2.76. The summed E-state index contributed by atoms with van der Waals surface area (Å²) in [7, 11) is 0. The molecule has 6 aliphatic rings. The van der Waals surface area contributed by atoms with Crippen LogP contribution >= 0.6 is 11.8 Å². The number of hydrogen-bond acceptors (Lipinski definition) is 12. The number of hydrogen-bond donors (Lipinski definition) is 5. The molecular formula is C48H54N4O11S. The first-order chi connectivity index (χ1) is 30.5. The molecule has 64 heavy (non-hydrogen) atoms. The number of aliphatic hydroxyl groups is 2. The SMILES string of the molecule is C[C@H](NC(=O)CCN1C(=O)C=CC1=O)C(=O)N[C@@H](C)C(=O)Nc1cccc(SCc2ccc([C@@H]3O[C@@H]4CC5[C@@H]6CCC7=CC(=O)C=C[C@]7(C)C6[C@@H](O)C[C@]5(C)[C@]4(C(=O)CO)O3)cc2)c1. The van der Waals surface area contributed by atoms with Crippen molar-refractivity contribution in [1.82, 2.24) is 15.5 Å². The number of benzene rings is 2. The second kappa shape index (κ2) is 17.6. The van der Waals surface area contributed by atoms with Crippen LogP contribution in [0.1, 0.15) is 77.2 Å². The van der Waals surface area contributed by atoms with Crippen molar-refractivity contribution in [2.24, 2.45) is 28.6 Å². The average Bonchev–Trinajstić information content (AvgIpc) is 3.89. The number of allylic oxidation sites excluding steroid dienone is 4. The number of ketones is 2. The lowest BCUT2D eigenvalue weighted by atomic mass is 9.46. The third-order valence-electron chi connectivity index (χ3n) is 14.5. The minimum absolute atomic E-state index is 0.00283. The maximum atomic E-state index is 13.9. The van der Waals surface area contributed by atoms with Gasteiger partial charge in [-0.3, -0.25) is 38.5 Å². The Bertz CT molecular complexity index is 2350. The molecule has 338 valence electrons. The molecule has 3 saturated carbocycles. The Labute approximate surface area is 375 Å². The highest BCUT2D eigenvalue weighted by molar-refractivity contribution is 7.98. The average molecular weight is 895 g/mol. The summed E-state index contributed by atoms with van der Waals surface area (Å²) in [6.45, 7) is 6.29. The highest BCUT2D eigenvalue weighted by atomic mass is 32.2. The van der Waals surface area contributed by atoms with Crippen molar-refractivity contribution in [2.75, 3.05) is 18.5 Å². The second-order valence-corrected chi connectivity index (χ2v) is 19.4. The van der Waals surface area contributed by atoms with Gasteiger partial charge in [-0.05, 0) is 87.3 Å². The first-order valence-corrected chi connectivity index (χ1v) is 22.8. The second-order valence-electron chi connectivity index (χ2n) is 18.3. The number of amides is 5. The van der Waals surface area contributed by atoms with Crippen LogP contribution in [0.15, 0.2) is 89.4 Å². The monoisotopic (exact) mass is 894 g/mol. The molecule has 16 heteroatoms. The van der Waals surface area contributed by atoms with Crippen LogP contribution in [-0.4, -0.2) is 99.3 Å². The van der Waals surface area contributed by atoms with E-state index >= 15 is 0 Å². The molecule has 5 amide bonds. The molecule has 15 nitrogen and oxygen atoms in total. The van der Waals surface area contributed by atoms with E-state index in [1.165, 1.54) is 13.8 Å². The van der Waals surface area contributed by atoms with E-state index in [0.29, 0.717) is 24.3 Å². The number of fused-ring (bicyclic) bond motifs is 7. The van der Waals surface area contributed by atoms with Gasteiger partial charge in [-0.1, -0.05) is 55.8 Å². The fraction of sp³-hybridized carbons (Fsp3) is 0.479. The highest BCUT2D eigenvalue weighted by Crippen LogP contribution is 2.70. The van der Waals surface area contributed by atoms with Gasteiger partial charge in [0.15, 0.2) is 23.5 Å². The van der Waals surface area contributed by atoms with Gasteiger partial charge < -0.3 is 35.6 Å². The summed E-state index contributed by atoms with van der Waals surface area (Å²) < 4.78 is 13.4. The Balaban J connectivity index is 0.845. The van der Waals surface area contributed by atoms with E-state index in [0.717, 1.165) is 51.5 Å². The number of anilines is 1. The molecule has 0 spiro atoms. The maximum absolute atomic E-state index is 13.9. The maximum Gasteiger partial charge on any atom is 0.253 e. The van der Waals surface area contributed by atoms with E-state index in [-0.39, 0.29) is 36.5 Å². The number of thioether (sulfide) groups is 1. The van der Waals surface area contributed by atoms with Gasteiger partial charge in [0, 0.05) is 63.8 Å². The molecule has 2 unspecified atom stereocenters. The Morgan fingerprint density at radius 3 is 2.39 bits per heavy atom. The number of carbonyl (C=O) groups is 7. The van der Waals surface area contributed by atoms with Crippen molar-refractivity contribution in [3.63, 3.8) is 0 Å². The Morgan fingerprint density at radius 2 is 1.67 bits per heavy atom. The normalized spacial score (nSPS) is 32.2. The van der Waals surface area contributed by atoms with Crippen molar-refractivity contribution >= 4 is 58.6 Å². The van der Waals surface area contributed by atoms with Crippen molar-refractivity contribution in [2.45, 2.75) is 107 Å². The van der Waals surface area contributed by atoms with Gasteiger partial charge in [-0.25, -0.2) is 0 Å². The zero-order chi connectivity index (χ0) is 45.7. The molecule has 4 fully saturated rings. The number of aliphatic hydroxyl groups excluding tert-OH is 2. The number of Topliss-reactive ketones (excluding diaryl/α,β-unsaturated/α-hetero) is 1. The molecule has 5 N–H and O–H groups in total. The van der Waals surface area contributed by atoms with Crippen LogP contribution in [-0.2, 0) is 48.8 Å². The van der Waals surface area contributed by atoms with Crippen LogP contribution in [0.2, 0.25) is 0 Å². The van der Waals surface area contributed by atoms with Gasteiger partial charge in [0.1, 0.15) is 18.7 Å². The van der Waals surface area contributed by atoms with Crippen molar-refractivity contribution in [3.05, 3.63) is 95.6 Å². The van der Waals surface area contributed by atoms with Crippen molar-refractivity contribution < 1.29 is 53.2 Å². The lowest BCUT2D eigenvalue weighted by Gasteiger charge is -2.59. The van der Waals surface area contributed by atoms with Gasteiger partial charge >= 0.3 is 0 Å². The van der Waals surface area contributed by atoms with Crippen LogP contribution in [0.25, 0.3) is 0 Å². The zero-order valence-electron chi connectivity index (χ0n) is 36.2. The van der Waals surface area contributed by atoms with Gasteiger partial charge in [-0.2, -0.15) is 0 Å². The Kier molecular flexibility index (Phi) is 12.5. The van der Waals surface area contributed by atoms with Crippen LogP contribution in [0.4, 0.5) is 5.69 Å². The smallest absolute Gasteiger partial charge is 0.253 e. The van der Waals surface area contributed by atoms with Gasteiger partial charge in [0.05, 0.1) is 12.2 Å². The van der Waals surface area contributed by atoms with Gasteiger partial charge in [-0.15, -0.1) is 11.8 Å². The largest absolute Gasteiger partial charge is 0.393 e. The summed E-state index contributed by atoms with van der Waals surface area (Å²) in [4.78, 5) is 89.6. The third-order valence-corrected chi connectivity index (χ3v) is 15.6. The first-order valence-electron chi connectivity index (χ1n) is 21.8. The number of imide groups is 1. The standard InChI is InChI=1S/C48H54N4O11S/c1-26(49-39(57)17-19-52-40(58)14-15-41(52)59)43(60)50-27(2)44(61)51-31-6-5-7-33(21-31)64-25-28-8-10-29(11-9-28)45-62-38-22-35-34-13-12-30-20-32(54)16-18-46(30,3)42(34)36(55)23-47(35,4)48(38,63-45)37(56)24-53/h5-11,14-16,18,20-21,26-27,34-36,38,42,45,53,55H,12-13,17,19,22-25H2,1-4H3,(H,49,57)(H,50,60)(H,51,61)/t26-,27-,34-,35?,36-,38+,42?,45+,46-,47-,48+/m0/s1. The molecule has 11 atom stereocenters. The molecule has 1 saturated heterocycles. The summed E-state index contributed by atoms with van der Waals surface area (Å²) in [6, 6.07) is 13.1. The van der Waals surface area contributed by atoms with Gasteiger partial charge in [0.2, 0.25) is 17.7 Å². The molecule has 2 aromatic carbocycles. The molecule has 2 aromatic rings. The summed E-state index contributed by atoms with van der Waals surface area (Å²) >= 11 is 1.55. The summed E-state index contributed by atoms with van der Waals surface area (Å²) in [6.07, 6.45) is 7.52. The van der Waals surface area contributed by atoms with E-state index in [2.05, 4.69) is 22.9 Å². The first kappa shape index (κ1) is 45.3. The molecule has 0 radical (unpaired) electrons. The number of nitrogens with one attached hydrogen (secondary N) is 3. The van der Waals surface area contributed by atoms with Gasteiger partial charge in [0.25, 0.3) is 11.8 Å². The fourth-order valence-corrected chi connectivity index (χ4v) is 12.2. The van der Waals surface area contributed by atoms with Crippen molar-refractivity contribution in [3.8, 4) is 0 Å². The van der Waals surface area contributed by atoms with Crippen LogP contribution < -0.4 is 16.0 Å². The summed E-state index contributed by atoms with van der Waals surface area (Å²) in [5, 5.41) is 30.2. The Hall–Kier alpha value is -5.26. The lowest BCUT2D eigenvalue weighted by molar-refractivity contribution is -0.201. The summed E-state index contributed by atoms with van der Waals surface area (Å²) in [5.41, 5.74) is 0.612. The quantitative estimate of drug-likeness (QED) is 0.135. The number of rotatable bonds is 14. The Morgan fingerprint density at radius 1 is 0.953 bits per heavy atom. The molecule has 0 aromatic heterocycles. The molecular weight excluding hydrogens is 841 g/mol. The van der Waals surface area contributed by atoms with Crippen molar-refractivity contribution in [1.29, 1.82) is 0 Å². The lowest BCUT2D eigenvalue weighted by Crippen LogP contribution is -2.63. The predicted molar refractivity (Wildman–Crippen MR) is 234 cm³/mol. The predicted octanol–water partition coefficient (Wildman–Crippen LogP) is 3.84. The molecule has 0 bridgehead atoms. The van der Waals surface area contributed by atoms with Crippen LogP contribution in [0.5, 0.6) is 0 Å². The van der Waals surface area contributed by atoms with Crippen LogP contribution in [0, 0.1) is 28.6 Å². The van der Waals surface area contributed by atoms with E-state index in [4.69, 9.17) is 9.47 Å². The van der Waals surface area contributed by atoms with E-state index < -0.39 is 88.9 Å².